The number of nitrogens with zero attached hydrogens (tertiary/aromatic N) is 1. The molecule has 0 aromatic carbocycles. The van der Waals surface area contributed by atoms with E-state index >= 15 is 0 Å². The van der Waals surface area contributed by atoms with Crippen LogP contribution >= 0.6 is 11.3 Å². The number of ether oxygens (including phenoxy) is 1. The molecule has 1 aromatic heterocycles. The molecule has 5 heteroatoms. The van der Waals surface area contributed by atoms with Crippen molar-refractivity contribution in [3.05, 3.63) is 22.4 Å². The van der Waals surface area contributed by atoms with Crippen LogP contribution in [0.5, 0.6) is 0 Å². The Balaban J connectivity index is 2.52. The van der Waals surface area contributed by atoms with E-state index in [-0.39, 0.29) is 18.4 Å². The Morgan fingerprint density at radius 3 is 2.88 bits per heavy atom. The summed E-state index contributed by atoms with van der Waals surface area (Å²) in [7, 11) is 3.23. The third-order valence-corrected chi connectivity index (χ3v) is 3.33. The first kappa shape index (κ1) is 14.2. The second-order valence-electron chi connectivity index (χ2n) is 4.11. The van der Waals surface area contributed by atoms with Gasteiger partial charge in [0.05, 0.1) is 18.6 Å². The van der Waals surface area contributed by atoms with E-state index in [0.717, 1.165) is 5.56 Å². The van der Waals surface area contributed by atoms with Gasteiger partial charge in [-0.2, -0.15) is 11.3 Å². The Morgan fingerprint density at radius 2 is 2.35 bits per heavy atom. The first-order valence-corrected chi connectivity index (χ1v) is 6.44. The number of aliphatic hydroxyl groups excluding tert-OH is 1. The van der Waals surface area contributed by atoms with Gasteiger partial charge in [0.1, 0.15) is 0 Å². The van der Waals surface area contributed by atoms with Crippen LogP contribution in [0.2, 0.25) is 0 Å². The van der Waals surface area contributed by atoms with Gasteiger partial charge in [-0.25, -0.2) is 0 Å². The number of hydrogen-bond acceptors (Lipinski definition) is 4. The lowest BCUT2D eigenvalue weighted by molar-refractivity contribution is -0.132. The number of methoxy groups -OCH3 is 1. The normalized spacial score (nSPS) is 14.4. The van der Waals surface area contributed by atoms with E-state index in [0.29, 0.717) is 6.54 Å². The molecule has 0 spiro atoms. The molecule has 17 heavy (non-hydrogen) atoms. The summed E-state index contributed by atoms with van der Waals surface area (Å²) in [4.78, 5) is 13.6. The number of thiophene rings is 1. The molecule has 96 valence electrons. The van der Waals surface area contributed by atoms with E-state index in [9.17, 15) is 9.90 Å². The standard InChI is InChI=1S/C12H19NO3S/c1-9(10-4-5-17-8-10)12(15)13(2)6-11(14)7-16-3/h4-5,8-9,11,14H,6-7H2,1-3H3/t9-,11-/m1/s1. The molecule has 0 aliphatic rings. The van der Waals surface area contributed by atoms with E-state index in [4.69, 9.17) is 4.74 Å². The molecule has 1 aromatic rings. The number of hydrogen-bond donors (Lipinski definition) is 1. The fourth-order valence-corrected chi connectivity index (χ4v) is 2.40. The molecule has 0 unspecified atom stereocenters. The summed E-state index contributed by atoms with van der Waals surface area (Å²) in [5.74, 6) is -0.153. The van der Waals surface area contributed by atoms with Crippen LogP contribution in [-0.4, -0.2) is 49.3 Å². The second kappa shape index (κ2) is 6.74. The third-order valence-electron chi connectivity index (χ3n) is 2.63. The molecular weight excluding hydrogens is 238 g/mol. The van der Waals surface area contributed by atoms with Crippen molar-refractivity contribution in [2.75, 3.05) is 27.3 Å². The Labute approximate surface area is 106 Å². The van der Waals surface area contributed by atoms with Crippen LogP contribution in [-0.2, 0) is 9.53 Å². The smallest absolute Gasteiger partial charge is 0.229 e. The topological polar surface area (TPSA) is 49.8 Å². The fourth-order valence-electron chi connectivity index (χ4n) is 1.65. The molecule has 1 amide bonds. The van der Waals surface area contributed by atoms with Gasteiger partial charge in [-0.1, -0.05) is 0 Å². The van der Waals surface area contributed by atoms with Gasteiger partial charge in [-0.05, 0) is 29.3 Å². The first-order chi connectivity index (χ1) is 8.06. The summed E-state index contributed by atoms with van der Waals surface area (Å²) in [6, 6.07) is 1.95. The average Bonchev–Trinajstić information content (AvgIpc) is 2.80. The fraction of sp³-hybridized carbons (Fsp3) is 0.583. The number of aliphatic hydroxyl groups is 1. The monoisotopic (exact) mass is 257 g/mol. The minimum Gasteiger partial charge on any atom is -0.389 e. The number of carbonyl (C=O) groups is 1. The van der Waals surface area contributed by atoms with Crippen molar-refractivity contribution in [2.45, 2.75) is 18.9 Å². The third kappa shape index (κ3) is 4.11. The van der Waals surface area contributed by atoms with Crippen LogP contribution in [0.15, 0.2) is 16.8 Å². The van der Waals surface area contributed by atoms with Gasteiger partial charge < -0.3 is 14.7 Å². The van der Waals surface area contributed by atoms with Crippen LogP contribution in [0.25, 0.3) is 0 Å². The molecule has 1 N–H and O–H groups in total. The molecule has 0 aliphatic carbocycles. The van der Waals surface area contributed by atoms with Crippen LogP contribution in [0.3, 0.4) is 0 Å². The van der Waals surface area contributed by atoms with Crippen molar-refractivity contribution in [2.24, 2.45) is 0 Å². The van der Waals surface area contributed by atoms with Crippen molar-refractivity contribution >= 4 is 17.2 Å². The zero-order valence-corrected chi connectivity index (χ0v) is 11.2. The summed E-state index contributed by atoms with van der Waals surface area (Å²) in [6.45, 7) is 2.41. The highest BCUT2D eigenvalue weighted by Gasteiger charge is 2.21. The van der Waals surface area contributed by atoms with Crippen LogP contribution in [0, 0.1) is 0 Å². The van der Waals surface area contributed by atoms with Gasteiger partial charge in [0.25, 0.3) is 0 Å². The summed E-state index contributed by atoms with van der Waals surface area (Å²) in [5, 5.41) is 13.5. The number of rotatable bonds is 6. The quantitative estimate of drug-likeness (QED) is 0.836. The molecule has 2 atom stereocenters. The minimum atomic E-state index is -0.636. The Morgan fingerprint density at radius 1 is 1.65 bits per heavy atom. The largest absolute Gasteiger partial charge is 0.389 e. The second-order valence-corrected chi connectivity index (χ2v) is 4.89. The predicted octanol–water partition coefficient (Wildman–Crippen LogP) is 1.32. The molecule has 1 heterocycles. The Bertz CT molecular complexity index is 340. The lowest BCUT2D eigenvalue weighted by Crippen LogP contribution is -2.38. The highest BCUT2D eigenvalue weighted by atomic mass is 32.1. The van der Waals surface area contributed by atoms with Crippen molar-refractivity contribution in [3.63, 3.8) is 0 Å². The van der Waals surface area contributed by atoms with Crippen molar-refractivity contribution in [3.8, 4) is 0 Å². The summed E-state index contributed by atoms with van der Waals surface area (Å²) >= 11 is 1.58. The lowest BCUT2D eigenvalue weighted by Gasteiger charge is -2.23. The molecule has 0 aliphatic heterocycles. The van der Waals surface area contributed by atoms with Gasteiger partial charge in [0.15, 0.2) is 0 Å². The lowest BCUT2D eigenvalue weighted by atomic mass is 10.0. The van der Waals surface area contributed by atoms with Crippen LogP contribution in [0.1, 0.15) is 18.4 Å². The highest BCUT2D eigenvalue weighted by molar-refractivity contribution is 7.08. The maximum Gasteiger partial charge on any atom is 0.229 e. The maximum absolute atomic E-state index is 12.1. The molecule has 0 radical (unpaired) electrons. The van der Waals surface area contributed by atoms with Gasteiger partial charge in [-0.3, -0.25) is 4.79 Å². The zero-order chi connectivity index (χ0) is 12.8. The maximum atomic E-state index is 12.1. The van der Waals surface area contributed by atoms with Gasteiger partial charge in [0.2, 0.25) is 5.91 Å². The SMILES string of the molecule is COC[C@H](O)CN(C)C(=O)[C@H](C)c1ccsc1. The molecule has 0 saturated carbocycles. The summed E-state index contributed by atoms with van der Waals surface area (Å²) in [5.41, 5.74) is 1.02. The van der Waals surface area contributed by atoms with E-state index in [1.54, 1.807) is 23.3 Å². The summed E-state index contributed by atoms with van der Waals surface area (Å²) < 4.78 is 4.83. The Hall–Kier alpha value is -0.910. The van der Waals surface area contributed by atoms with Gasteiger partial charge in [-0.15, -0.1) is 0 Å². The predicted molar refractivity (Wildman–Crippen MR) is 68.3 cm³/mol. The van der Waals surface area contributed by atoms with Gasteiger partial charge >= 0.3 is 0 Å². The van der Waals surface area contributed by atoms with E-state index in [1.165, 1.54) is 7.11 Å². The van der Waals surface area contributed by atoms with E-state index in [1.807, 2.05) is 23.8 Å². The zero-order valence-electron chi connectivity index (χ0n) is 10.4. The van der Waals surface area contributed by atoms with E-state index < -0.39 is 6.10 Å². The number of carbonyl (C=O) groups excluding carboxylic acids is 1. The molecule has 0 fully saturated rings. The van der Waals surface area contributed by atoms with Crippen LogP contribution in [0.4, 0.5) is 0 Å². The number of likely N-dealkylation sites (N-methyl/N-ethyl adjacent to an activating group) is 1. The summed E-state index contributed by atoms with van der Waals surface area (Å²) in [6.07, 6.45) is -0.636. The molecule has 1 rings (SSSR count). The molecule has 4 nitrogen and oxygen atoms in total. The molecule has 0 bridgehead atoms. The number of amides is 1. The van der Waals surface area contributed by atoms with E-state index in [2.05, 4.69) is 0 Å². The van der Waals surface area contributed by atoms with Crippen molar-refractivity contribution < 1.29 is 14.6 Å². The first-order valence-electron chi connectivity index (χ1n) is 5.50. The average molecular weight is 257 g/mol. The van der Waals surface area contributed by atoms with Crippen molar-refractivity contribution in [1.82, 2.24) is 4.90 Å². The molecule has 0 saturated heterocycles. The van der Waals surface area contributed by atoms with Crippen LogP contribution < -0.4 is 0 Å². The minimum absolute atomic E-state index is 0.0125. The Kier molecular flexibility index (Phi) is 5.61. The van der Waals surface area contributed by atoms with Gasteiger partial charge in [0, 0.05) is 20.7 Å². The highest BCUT2D eigenvalue weighted by Crippen LogP contribution is 2.20. The molecular formula is C12H19NO3S. The van der Waals surface area contributed by atoms with Crippen molar-refractivity contribution in [1.29, 1.82) is 0 Å².